The number of para-hydroxylation sites is 3. The number of carbonyl (C=O) groups is 2. The predicted octanol–water partition coefficient (Wildman–Crippen LogP) is 7.10. The summed E-state index contributed by atoms with van der Waals surface area (Å²) in [6, 6.07) is 33.3. The number of aromatic nitrogens is 4. The van der Waals surface area contributed by atoms with Crippen LogP contribution in [0.4, 0.5) is 35.4 Å². The molecular formula is C46H48F3N9O5. The standard InChI is InChI=1S/C46H48F3N9O5/c1-2-23-57(43(61)46(47,48)49)35-25-36(40(60)39(35)59)58-28-51-38-41(50-26-33(29-14-6-3-7-15-29)30-16-8-4-9-17-30)54-44(55-42(38)58)56-24-22-31(27-56)52-45(62)53-34-20-12-13-21-37(34)63-32-18-10-5-11-19-32/h3-21,28,31,33,35-36,39-40,59-60H,2,22-27H2,1H3,(H,50,54,55)(H2,52,53,62)/t31-,35+,36-,39-,40+/m1/s1. The second-order valence-electron chi connectivity index (χ2n) is 15.7. The minimum Gasteiger partial charge on any atom is -0.455 e. The molecule has 328 valence electrons. The van der Waals surface area contributed by atoms with E-state index < -0.39 is 42.4 Å². The molecule has 2 fully saturated rings. The van der Waals surface area contributed by atoms with E-state index in [0.717, 1.165) is 11.1 Å². The first-order chi connectivity index (χ1) is 30.5. The first kappa shape index (κ1) is 42.9. The summed E-state index contributed by atoms with van der Waals surface area (Å²) in [6.07, 6.45) is -6.38. The molecule has 17 heteroatoms. The Morgan fingerprint density at radius 3 is 2.21 bits per heavy atom. The number of amides is 3. The third-order valence-electron chi connectivity index (χ3n) is 11.5. The summed E-state index contributed by atoms with van der Waals surface area (Å²) in [7, 11) is 0. The van der Waals surface area contributed by atoms with Crippen LogP contribution in [0.1, 0.15) is 49.3 Å². The molecule has 8 rings (SSSR count). The van der Waals surface area contributed by atoms with Gasteiger partial charge >= 0.3 is 18.1 Å². The second-order valence-corrected chi connectivity index (χ2v) is 15.7. The van der Waals surface area contributed by atoms with Gasteiger partial charge in [0.15, 0.2) is 22.7 Å². The molecule has 5 atom stereocenters. The first-order valence-corrected chi connectivity index (χ1v) is 20.9. The highest BCUT2D eigenvalue weighted by molar-refractivity contribution is 5.91. The highest BCUT2D eigenvalue weighted by Crippen LogP contribution is 2.39. The van der Waals surface area contributed by atoms with Gasteiger partial charge in [-0.1, -0.05) is 97.9 Å². The van der Waals surface area contributed by atoms with Crippen molar-refractivity contribution in [3.8, 4) is 11.5 Å². The predicted molar refractivity (Wildman–Crippen MR) is 232 cm³/mol. The zero-order valence-corrected chi connectivity index (χ0v) is 34.4. The Morgan fingerprint density at radius 2 is 1.54 bits per heavy atom. The maximum Gasteiger partial charge on any atom is 0.471 e. The molecule has 1 saturated carbocycles. The molecule has 0 spiro atoms. The molecule has 2 aliphatic rings. The van der Waals surface area contributed by atoms with Gasteiger partial charge < -0.3 is 45.3 Å². The molecule has 2 aromatic heterocycles. The van der Waals surface area contributed by atoms with E-state index in [-0.39, 0.29) is 37.0 Å². The molecule has 3 heterocycles. The molecule has 0 bridgehead atoms. The SMILES string of the molecule is CCCN(C(=O)C(F)(F)F)[C@H]1C[C@@H](n2cnc3c(NCC(c4ccccc4)c4ccccc4)nc(N4CC[C@@H](NC(=O)Nc5ccccc5Oc5ccccc5)C4)nc32)[C@H](O)[C@@H]1O. The van der Waals surface area contributed by atoms with Crippen LogP contribution in [-0.4, -0.2) is 103 Å². The Bertz CT molecular complexity index is 2460. The third kappa shape index (κ3) is 9.54. The molecule has 4 aromatic carbocycles. The number of hydrogen-bond donors (Lipinski definition) is 5. The van der Waals surface area contributed by atoms with Gasteiger partial charge in [0.2, 0.25) is 5.95 Å². The van der Waals surface area contributed by atoms with Crippen molar-refractivity contribution in [3.05, 3.63) is 133 Å². The van der Waals surface area contributed by atoms with Crippen LogP contribution in [0.5, 0.6) is 11.5 Å². The lowest BCUT2D eigenvalue weighted by atomic mass is 9.91. The van der Waals surface area contributed by atoms with Crippen LogP contribution in [0.2, 0.25) is 0 Å². The number of benzene rings is 4. The molecule has 0 radical (unpaired) electrons. The average molecular weight is 864 g/mol. The summed E-state index contributed by atoms with van der Waals surface area (Å²) in [4.78, 5) is 43.0. The first-order valence-electron chi connectivity index (χ1n) is 20.9. The number of fused-ring (bicyclic) bond motifs is 1. The van der Waals surface area contributed by atoms with Crippen LogP contribution >= 0.6 is 0 Å². The summed E-state index contributed by atoms with van der Waals surface area (Å²) < 4.78 is 48.8. The van der Waals surface area contributed by atoms with Crippen LogP contribution in [0.25, 0.3) is 11.2 Å². The van der Waals surface area contributed by atoms with E-state index in [1.54, 1.807) is 29.7 Å². The van der Waals surface area contributed by atoms with Crippen LogP contribution in [0.15, 0.2) is 122 Å². The molecule has 3 amide bonds. The highest BCUT2D eigenvalue weighted by Gasteiger charge is 2.51. The van der Waals surface area contributed by atoms with Crippen LogP contribution < -0.4 is 25.6 Å². The summed E-state index contributed by atoms with van der Waals surface area (Å²) in [5.41, 5.74) is 3.21. The van der Waals surface area contributed by atoms with E-state index in [4.69, 9.17) is 14.7 Å². The average Bonchev–Trinajstić information content (AvgIpc) is 4.01. The summed E-state index contributed by atoms with van der Waals surface area (Å²) >= 11 is 0. The fourth-order valence-electron chi connectivity index (χ4n) is 8.48. The number of hydrogen-bond acceptors (Lipinski definition) is 10. The van der Waals surface area contributed by atoms with Gasteiger partial charge in [0, 0.05) is 38.1 Å². The van der Waals surface area contributed by atoms with Gasteiger partial charge in [0.25, 0.3) is 0 Å². The van der Waals surface area contributed by atoms with Gasteiger partial charge in [-0.25, -0.2) is 9.78 Å². The Labute approximate surface area is 361 Å². The quantitative estimate of drug-likeness (QED) is 0.0762. The van der Waals surface area contributed by atoms with Crippen molar-refractivity contribution < 1.29 is 37.7 Å². The molecule has 5 N–H and O–H groups in total. The second kappa shape index (κ2) is 18.7. The lowest BCUT2D eigenvalue weighted by Crippen LogP contribution is -2.51. The normalized spacial score (nSPS) is 19.9. The number of halogens is 3. The van der Waals surface area contributed by atoms with Crippen molar-refractivity contribution >= 4 is 40.6 Å². The van der Waals surface area contributed by atoms with Gasteiger partial charge in [-0.05, 0) is 54.7 Å². The fraction of sp³-hybridized carbons (Fsp3) is 0.326. The van der Waals surface area contributed by atoms with Gasteiger partial charge in [-0.3, -0.25) is 4.79 Å². The van der Waals surface area contributed by atoms with Crippen molar-refractivity contribution in [2.45, 2.75) is 68.6 Å². The molecule has 14 nitrogen and oxygen atoms in total. The molecule has 1 aliphatic heterocycles. The zero-order chi connectivity index (χ0) is 44.1. The van der Waals surface area contributed by atoms with Crippen molar-refractivity contribution in [3.63, 3.8) is 0 Å². The number of anilines is 3. The monoisotopic (exact) mass is 863 g/mol. The van der Waals surface area contributed by atoms with Crippen molar-refractivity contribution in [1.29, 1.82) is 0 Å². The molecule has 1 aliphatic carbocycles. The Kier molecular flexibility index (Phi) is 12.8. The maximum atomic E-state index is 13.7. The zero-order valence-electron chi connectivity index (χ0n) is 34.4. The molecule has 1 saturated heterocycles. The van der Waals surface area contributed by atoms with Crippen molar-refractivity contribution in [1.82, 2.24) is 29.7 Å². The third-order valence-corrected chi connectivity index (χ3v) is 11.5. The Hall–Kier alpha value is -6.72. The van der Waals surface area contributed by atoms with E-state index in [2.05, 4.69) is 20.9 Å². The fourth-order valence-corrected chi connectivity index (χ4v) is 8.48. The Morgan fingerprint density at radius 1 is 0.889 bits per heavy atom. The number of alkyl halides is 3. The maximum absolute atomic E-state index is 13.7. The molecular weight excluding hydrogens is 816 g/mol. The number of aliphatic hydroxyl groups excluding tert-OH is 2. The van der Waals surface area contributed by atoms with Gasteiger partial charge in [-0.15, -0.1) is 0 Å². The van der Waals surface area contributed by atoms with E-state index in [9.17, 15) is 33.0 Å². The lowest BCUT2D eigenvalue weighted by molar-refractivity contribution is -0.190. The lowest BCUT2D eigenvalue weighted by Gasteiger charge is -2.31. The van der Waals surface area contributed by atoms with Gasteiger partial charge in [-0.2, -0.15) is 23.1 Å². The largest absolute Gasteiger partial charge is 0.471 e. The number of urea groups is 1. The van der Waals surface area contributed by atoms with Crippen molar-refractivity contribution in [2.24, 2.45) is 0 Å². The Balaban J connectivity index is 1.07. The highest BCUT2D eigenvalue weighted by atomic mass is 19.4. The molecule has 0 unspecified atom stereocenters. The van der Waals surface area contributed by atoms with Gasteiger partial charge in [0.1, 0.15) is 18.0 Å². The number of carbonyl (C=O) groups excluding carboxylic acids is 2. The van der Waals surface area contributed by atoms with E-state index in [1.807, 2.05) is 102 Å². The number of rotatable bonds is 14. The smallest absolute Gasteiger partial charge is 0.455 e. The number of aliphatic hydroxyl groups is 2. The van der Waals surface area contributed by atoms with Gasteiger partial charge in [0.05, 0.1) is 24.1 Å². The number of nitrogens with one attached hydrogen (secondary N) is 3. The number of nitrogens with zero attached hydrogens (tertiary/aromatic N) is 6. The molecule has 6 aromatic rings. The minimum absolute atomic E-state index is 0.103. The van der Waals surface area contributed by atoms with Crippen molar-refractivity contribution in [2.75, 3.05) is 41.7 Å². The minimum atomic E-state index is -5.16. The van der Waals surface area contributed by atoms with E-state index in [1.165, 1.54) is 6.33 Å². The summed E-state index contributed by atoms with van der Waals surface area (Å²) in [5.74, 6) is -0.418. The number of ether oxygens (including phenoxy) is 1. The van der Waals surface area contributed by atoms with Crippen LogP contribution in [0.3, 0.4) is 0 Å². The topological polar surface area (TPSA) is 170 Å². The number of imidazole rings is 1. The van der Waals surface area contributed by atoms with Crippen LogP contribution in [0, 0.1) is 0 Å². The summed E-state index contributed by atoms with van der Waals surface area (Å²) in [6.45, 7) is 2.57. The van der Waals surface area contributed by atoms with E-state index >= 15 is 0 Å². The molecule has 63 heavy (non-hydrogen) atoms. The summed E-state index contributed by atoms with van der Waals surface area (Å²) in [5, 5.41) is 32.0. The van der Waals surface area contributed by atoms with Crippen LogP contribution in [-0.2, 0) is 4.79 Å². The van der Waals surface area contributed by atoms with E-state index in [0.29, 0.717) is 65.4 Å².